The summed E-state index contributed by atoms with van der Waals surface area (Å²) in [4.78, 5) is 37.0. The number of ether oxygens (including phenoxy) is 2. The van der Waals surface area contributed by atoms with Gasteiger partial charge in [0.2, 0.25) is 0 Å². The third-order valence-electron chi connectivity index (χ3n) is 4.22. The second-order valence-corrected chi connectivity index (χ2v) is 6.24. The molecular formula is C20H22N2O6. The topological polar surface area (TPSA) is 99.0 Å². The van der Waals surface area contributed by atoms with Crippen molar-refractivity contribution in [2.45, 2.75) is 13.5 Å². The van der Waals surface area contributed by atoms with E-state index in [1.165, 1.54) is 37.3 Å². The van der Waals surface area contributed by atoms with Crippen LogP contribution in [0, 0.1) is 16.0 Å². The number of nitrogens with zero attached hydrogens (tertiary/aromatic N) is 2. The van der Waals surface area contributed by atoms with Crippen LogP contribution in [-0.2, 0) is 16.1 Å². The molecule has 0 spiro atoms. The number of methoxy groups -OCH3 is 2. The van der Waals surface area contributed by atoms with Crippen molar-refractivity contribution in [2.24, 2.45) is 5.92 Å². The van der Waals surface area contributed by atoms with E-state index in [1.807, 2.05) is 30.3 Å². The third-order valence-corrected chi connectivity index (χ3v) is 4.22. The van der Waals surface area contributed by atoms with Crippen LogP contribution in [0.1, 0.15) is 22.8 Å². The number of nitro benzene ring substituents is 1. The van der Waals surface area contributed by atoms with Crippen LogP contribution in [0.5, 0.6) is 5.75 Å². The summed E-state index contributed by atoms with van der Waals surface area (Å²) in [5.41, 5.74) is 0.713. The fourth-order valence-corrected chi connectivity index (χ4v) is 2.78. The van der Waals surface area contributed by atoms with Gasteiger partial charge in [0.1, 0.15) is 0 Å². The molecule has 1 unspecified atom stereocenters. The van der Waals surface area contributed by atoms with Gasteiger partial charge >= 0.3 is 11.7 Å². The highest BCUT2D eigenvalue weighted by molar-refractivity contribution is 5.95. The summed E-state index contributed by atoms with van der Waals surface area (Å²) < 4.78 is 9.73. The molecule has 0 aliphatic heterocycles. The SMILES string of the molecule is COC(=O)C(C)CN(Cc1ccccc1)C(=O)c1ccc(OC)c([N+](=O)[O-])c1. The van der Waals surface area contributed by atoms with E-state index in [-0.39, 0.29) is 30.1 Å². The molecule has 0 aromatic heterocycles. The Bertz CT molecular complexity index is 853. The first kappa shape index (κ1) is 20.9. The summed E-state index contributed by atoms with van der Waals surface area (Å²) in [6.45, 7) is 2.02. The van der Waals surface area contributed by atoms with E-state index in [4.69, 9.17) is 9.47 Å². The van der Waals surface area contributed by atoms with Gasteiger partial charge in [0.05, 0.1) is 25.1 Å². The number of carbonyl (C=O) groups excluding carboxylic acids is 2. The zero-order valence-electron chi connectivity index (χ0n) is 16.0. The largest absolute Gasteiger partial charge is 0.490 e. The normalized spacial score (nSPS) is 11.4. The molecule has 2 aromatic rings. The molecule has 0 bridgehead atoms. The Morgan fingerprint density at radius 2 is 1.82 bits per heavy atom. The summed E-state index contributed by atoms with van der Waals surface area (Å²) in [5.74, 6) is -1.35. The predicted octanol–water partition coefficient (Wildman–Crippen LogP) is 3.05. The Balaban J connectivity index is 2.35. The van der Waals surface area contributed by atoms with E-state index in [0.717, 1.165) is 5.56 Å². The van der Waals surface area contributed by atoms with Gasteiger partial charge in [-0.3, -0.25) is 19.7 Å². The Labute approximate surface area is 162 Å². The average Bonchev–Trinajstić information content (AvgIpc) is 2.72. The lowest BCUT2D eigenvalue weighted by Gasteiger charge is -2.25. The monoisotopic (exact) mass is 386 g/mol. The van der Waals surface area contributed by atoms with Crippen LogP contribution in [0.2, 0.25) is 0 Å². The van der Waals surface area contributed by atoms with E-state index in [2.05, 4.69) is 0 Å². The lowest BCUT2D eigenvalue weighted by molar-refractivity contribution is -0.385. The van der Waals surface area contributed by atoms with Gasteiger partial charge in [0.25, 0.3) is 5.91 Å². The molecule has 2 rings (SSSR count). The van der Waals surface area contributed by atoms with E-state index in [1.54, 1.807) is 6.92 Å². The van der Waals surface area contributed by atoms with Gasteiger partial charge in [-0.2, -0.15) is 0 Å². The van der Waals surface area contributed by atoms with Crippen LogP contribution in [0.3, 0.4) is 0 Å². The second kappa shape index (κ2) is 9.50. The fourth-order valence-electron chi connectivity index (χ4n) is 2.78. The van der Waals surface area contributed by atoms with Gasteiger partial charge in [-0.1, -0.05) is 37.3 Å². The zero-order valence-corrected chi connectivity index (χ0v) is 16.0. The summed E-state index contributed by atoms with van der Waals surface area (Å²) in [6, 6.07) is 13.3. The molecule has 148 valence electrons. The summed E-state index contributed by atoms with van der Waals surface area (Å²) >= 11 is 0. The first-order valence-corrected chi connectivity index (χ1v) is 8.60. The Morgan fingerprint density at radius 1 is 1.14 bits per heavy atom. The molecule has 8 heteroatoms. The summed E-state index contributed by atoms with van der Waals surface area (Å²) in [6.07, 6.45) is 0. The first-order valence-electron chi connectivity index (χ1n) is 8.60. The third kappa shape index (κ3) is 5.06. The minimum absolute atomic E-state index is 0.0686. The molecule has 1 amide bonds. The summed E-state index contributed by atoms with van der Waals surface area (Å²) in [5, 5.41) is 11.3. The van der Waals surface area contributed by atoms with Gasteiger partial charge in [-0.15, -0.1) is 0 Å². The van der Waals surface area contributed by atoms with Crippen LogP contribution in [0.25, 0.3) is 0 Å². The smallest absolute Gasteiger partial charge is 0.311 e. The van der Waals surface area contributed by atoms with Crippen molar-refractivity contribution in [3.8, 4) is 5.75 Å². The molecule has 0 radical (unpaired) electrons. The van der Waals surface area contributed by atoms with Gasteiger partial charge < -0.3 is 14.4 Å². The number of benzene rings is 2. The fraction of sp³-hybridized carbons (Fsp3) is 0.300. The van der Waals surface area contributed by atoms with Crippen LogP contribution >= 0.6 is 0 Å². The van der Waals surface area contributed by atoms with Gasteiger partial charge in [0, 0.05) is 24.7 Å². The van der Waals surface area contributed by atoms with Crippen LogP contribution in [0.4, 0.5) is 5.69 Å². The van der Waals surface area contributed by atoms with Crippen molar-refractivity contribution < 1.29 is 24.0 Å². The Morgan fingerprint density at radius 3 is 2.39 bits per heavy atom. The second-order valence-electron chi connectivity index (χ2n) is 6.24. The Hall–Kier alpha value is -3.42. The molecule has 0 saturated carbocycles. The van der Waals surface area contributed by atoms with E-state index in [0.29, 0.717) is 0 Å². The van der Waals surface area contributed by atoms with E-state index < -0.39 is 22.7 Å². The van der Waals surface area contributed by atoms with Crippen molar-refractivity contribution in [3.05, 3.63) is 69.8 Å². The minimum Gasteiger partial charge on any atom is -0.490 e. The highest BCUT2D eigenvalue weighted by Crippen LogP contribution is 2.28. The van der Waals surface area contributed by atoms with Crippen molar-refractivity contribution in [1.82, 2.24) is 4.90 Å². The number of rotatable bonds is 8. The quantitative estimate of drug-likeness (QED) is 0.393. The number of hydrogen-bond donors (Lipinski definition) is 0. The van der Waals surface area contributed by atoms with Crippen LogP contribution < -0.4 is 4.74 Å². The van der Waals surface area contributed by atoms with E-state index >= 15 is 0 Å². The minimum atomic E-state index is -0.603. The molecule has 0 aliphatic rings. The Kier molecular flexibility index (Phi) is 7.08. The van der Waals surface area contributed by atoms with Gasteiger partial charge in [-0.25, -0.2) is 0 Å². The summed E-state index contributed by atoms with van der Waals surface area (Å²) in [7, 11) is 2.61. The molecule has 28 heavy (non-hydrogen) atoms. The maximum Gasteiger partial charge on any atom is 0.311 e. The lowest BCUT2D eigenvalue weighted by atomic mass is 10.1. The molecule has 2 aromatic carbocycles. The molecule has 0 heterocycles. The molecule has 0 aliphatic carbocycles. The number of amides is 1. The molecular weight excluding hydrogens is 364 g/mol. The van der Waals surface area contributed by atoms with Crippen molar-refractivity contribution >= 4 is 17.6 Å². The number of carbonyl (C=O) groups is 2. The number of nitro groups is 1. The van der Waals surface area contributed by atoms with E-state index in [9.17, 15) is 19.7 Å². The molecule has 8 nitrogen and oxygen atoms in total. The first-order chi connectivity index (χ1) is 13.4. The number of hydrogen-bond acceptors (Lipinski definition) is 6. The van der Waals surface area contributed by atoms with Gasteiger partial charge in [-0.05, 0) is 17.7 Å². The molecule has 0 N–H and O–H groups in total. The van der Waals surface area contributed by atoms with Crippen LogP contribution in [0.15, 0.2) is 48.5 Å². The highest BCUT2D eigenvalue weighted by Gasteiger charge is 2.25. The van der Waals surface area contributed by atoms with Crippen molar-refractivity contribution in [1.29, 1.82) is 0 Å². The molecule has 0 saturated heterocycles. The van der Waals surface area contributed by atoms with Gasteiger partial charge in [0.15, 0.2) is 5.75 Å². The van der Waals surface area contributed by atoms with Crippen molar-refractivity contribution in [2.75, 3.05) is 20.8 Å². The highest BCUT2D eigenvalue weighted by atomic mass is 16.6. The molecule has 0 fully saturated rings. The lowest BCUT2D eigenvalue weighted by Crippen LogP contribution is -2.36. The van der Waals surface area contributed by atoms with Crippen LogP contribution in [-0.4, -0.2) is 42.5 Å². The predicted molar refractivity (Wildman–Crippen MR) is 102 cm³/mol. The maximum absolute atomic E-state index is 13.1. The zero-order chi connectivity index (χ0) is 20.7. The molecule has 1 atom stereocenters. The average molecular weight is 386 g/mol. The maximum atomic E-state index is 13.1. The standard InChI is InChI=1S/C20H22N2O6/c1-14(20(24)28-3)12-21(13-15-7-5-4-6-8-15)19(23)16-9-10-18(27-2)17(11-16)22(25)26/h4-11,14H,12-13H2,1-3H3. The number of esters is 1. The van der Waals surface area contributed by atoms with Crippen molar-refractivity contribution in [3.63, 3.8) is 0 Å².